The minimum Gasteiger partial charge on any atom is -0.416 e. The smallest absolute Gasteiger partial charge is 0.388 e. The second-order valence-corrected chi connectivity index (χ2v) is 8.58. The van der Waals surface area contributed by atoms with Crippen molar-refractivity contribution < 1.29 is 35.9 Å². The van der Waals surface area contributed by atoms with Gasteiger partial charge in [0.25, 0.3) is 0 Å². The van der Waals surface area contributed by atoms with Crippen LogP contribution >= 0.6 is 0 Å². The highest BCUT2D eigenvalue weighted by Crippen LogP contribution is 2.33. The molecule has 0 aliphatic carbocycles. The van der Waals surface area contributed by atoms with Crippen molar-refractivity contribution in [3.8, 4) is 5.88 Å². The molecule has 1 aromatic heterocycles. The van der Waals surface area contributed by atoms with Crippen LogP contribution < -0.4 is 10.1 Å². The molecule has 1 aromatic carbocycles. The molecule has 13 heteroatoms. The van der Waals surface area contributed by atoms with Gasteiger partial charge in [-0.15, -0.1) is 0 Å². The Bertz CT molecular complexity index is 1150. The van der Waals surface area contributed by atoms with Crippen LogP contribution in [-0.2, 0) is 19.6 Å². The number of carbonyl (C=O) groups is 2. The molecule has 0 atom stereocenters. The van der Waals surface area contributed by atoms with Crippen molar-refractivity contribution >= 4 is 32.6 Å². The van der Waals surface area contributed by atoms with Crippen molar-refractivity contribution in [3.05, 3.63) is 42.9 Å². The molecule has 2 heterocycles. The Labute approximate surface area is 181 Å². The van der Waals surface area contributed by atoms with Gasteiger partial charge in [0, 0.05) is 37.8 Å². The van der Waals surface area contributed by atoms with E-state index in [1.807, 2.05) is 0 Å². The zero-order valence-corrected chi connectivity index (χ0v) is 17.4. The van der Waals surface area contributed by atoms with Crippen LogP contribution in [-0.4, -0.2) is 73.8 Å². The summed E-state index contributed by atoms with van der Waals surface area (Å²) in [5.74, 6) is -2.57. The number of nitrogens with zero attached hydrogens (tertiary/aromatic N) is 3. The van der Waals surface area contributed by atoms with Crippen LogP contribution in [0.3, 0.4) is 0 Å². The molecule has 0 radical (unpaired) electrons. The number of benzene rings is 1. The summed E-state index contributed by atoms with van der Waals surface area (Å²) < 4.78 is 71.4. The standard InChI is InChI=1S/C19H19F3N4O5S/c1-2-15(27)24-11-16(28)25-7-9-26(10-8-25)32(29,30)14-4-3-13(20)17-12(14)5-6-23-18(17)31-19(21)22/h2-6,19H,1,7-11H2,(H,24,27). The summed E-state index contributed by atoms with van der Waals surface area (Å²) in [6.45, 7) is -0.190. The Kier molecular flexibility index (Phi) is 6.99. The Morgan fingerprint density at radius 1 is 1.22 bits per heavy atom. The summed E-state index contributed by atoms with van der Waals surface area (Å²) in [4.78, 5) is 28.0. The highest BCUT2D eigenvalue weighted by atomic mass is 32.2. The topological polar surface area (TPSA) is 109 Å². The first-order valence-electron chi connectivity index (χ1n) is 9.35. The number of alkyl halides is 2. The number of sulfonamides is 1. The molecule has 172 valence electrons. The first kappa shape index (κ1) is 23.5. The number of aromatic nitrogens is 1. The zero-order valence-electron chi connectivity index (χ0n) is 16.6. The molecule has 2 amide bonds. The number of hydrogen-bond donors (Lipinski definition) is 1. The second kappa shape index (κ2) is 9.53. The van der Waals surface area contributed by atoms with Gasteiger partial charge in [0.05, 0.1) is 16.8 Å². The van der Waals surface area contributed by atoms with Crippen LogP contribution in [0.4, 0.5) is 13.2 Å². The van der Waals surface area contributed by atoms with Gasteiger partial charge in [0.1, 0.15) is 5.82 Å². The molecule has 32 heavy (non-hydrogen) atoms. The van der Waals surface area contributed by atoms with Gasteiger partial charge in [-0.3, -0.25) is 9.59 Å². The lowest BCUT2D eigenvalue weighted by Gasteiger charge is -2.34. The summed E-state index contributed by atoms with van der Waals surface area (Å²) in [5.41, 5.74) is 0. The molecule has 1 aliphatic heterocycles. The molecular formula is C19H19F3N4O5S. The third kappa shape index (κ3) is 4.83. The van der Waals surface area contributed by atoms with Crippen LogP contribution in [0.1, 0.15) is 0 Å². The van der Waals surface area contributed by atoms with E-state index in [1.54, 1.807) is 0 Å². The average Bonchev–Trinajstić information content (AvgIpc) is 2.77. The summed E-state index contributed by atoms with van der Waals surface area (Å²) in [5, 5.41) is 1.73. The van der Waals surface area contributed by atoms with Gasteiger partial charge in [-0.05, 0) is 24.3 Å². The van der Waals surface area contributed by atoms with Gasteiger partial charge in [0.2, 0.25) is 27.7 Å². The van der Waals surface area contributed by atoms with E-state index in [9.17, 15) is 31.2 Å². The third-order valence-electron chi connectivity index (χ3n) is 4.81. The Morgan fingerprint density at radius 2 is 1.91 bits per heavy atom. The average molecular weight is 472 g/mol. The fourth-order valence-corrected chi connectivity index (χ4v) is 4.87. The Hall–Kier alpha value is -3.19. The molecule has 9 nitrogen and oxygen atoms in total. The van der Waals surface area contributed by atoms with Crippen LogP contribution in [0.15, 0.2) is 41.9 Å². The van der Waals surface area contributed by atoms with Gasteiger partial charge in [0.15, 0.2) is 0 Å². The third-order valence-corrected chi connectivity index (χ3v) is 6.77. The summed E-state index contributed by atoms with van der Waals surface area (Å²) in [7, 11) is -4.15. The van der Waals surface area contributed by atoms with E-state index in [0.29, 0.717) is 0 Å². The number of rotatable bonds is 7. The molecule has 1 aliphatic rings. The maximum Gasteiger partial charge on any atom is 0.388 e. The molecule has 0 saturated carbocycles. The van der Waals surface area contributed by atoms with Crippen LogP contribution in [0.25, 0.3) is 10.8 Å². The lowest BCUT2D eigenvalue weighted by molar-refractivity contribution is -0.133. The highest BCUT2D eigenvalue weighted by molar-refractivity contribution is 7.89. The van der Waals surface area contributed by atoms with Crippen molar-refractivity contribution in [1.82, 2.24) is 19.5 Å². The zero-order chi connectivity index (χ0) is 23.5. The SMILES string of the molecule is C=CC(=O)NCC(=O)N1CCN(S(=O)(=O)c2ccc(F)c3c(OC(F)F)nccc23)CC1. The fourth-order valence-electron chi connectivity index (χ4n) is 3.26. The predicted molar refractivity (Wildman–Crippen MR) is 107 cm³/mol. The van der Waals surface area contributed by atoms with Gasteiger partial charge in [-0.1, -0.05) is 6.58 Å². The quantitative estimate of drug-likeness (QED) is 0.605. The molecule has 3 rings (SSSR count). The van der Waals surface area contributed by atoms with E-state index in [1.165, 1.54) is 11.0 Å². The molecule has 2 aromatic rings. The first-order valence-corrected chi connectivity index (χ1v) is 10.8. The minimum atomic E-state index is -4.15. The number of halogens is 3. The number of piperazine rings is 1. The van der Waals surface area contributed by atoms with E-state index in [0.717, 1.165) is 28.7 Å². The maximum absolute atomic E-state index is 14.3. The minimum absolute atomic E-state index is 0.0478. The lowest BCUT2D eigenvalue weighted by Crippen LogP contribution is -2.52. The van der Waals surface area contributed by atoms with E-state index in [2.05, 4.69) is 21.6 Å². The van der Waals surface area contributed by atoms with Gasteiger partial charge in [-0.2, -0.15) is 13.1 Å². The van der Waals surface area contributed by atoms with E-state index >= 15 is 0 Å². The summed E-state index contributed by atoms with van der Waals surface area (Å²) in [6, 6.07) is 3.09. The van der Waals surface area contributed by atoms with Crippen molar-refractivity contribution in [2.75, 3.05) is 32.7 Å². The van der Waals surface area contributed by atoms with Crippen molar-refractivity contribution in [3.63, 3.8) is 0 Å². The van der Waals surface area contributed by atoms with Gasteiger partial charge < -0.3 is 15.0 Å². The maximum atomic E-state index is 14.3. The van der Waals surface area contributed by atoms with E-state index in [-0.39, 0.29) is 48.9 Å². The predicted octanol–water partition coefficient (Wildman–Crippen LogP) is 1.11. The number of pyridine rings is 1. The first-order chi connectivity index (χ1) is 15.1. The van der Waals surface area contributed by atoms with E-state index < -0.39 is 39.6 Å². The number of carbonyl (C=O) groups excluding carboxylic acids is 2. The summed E-state index contributed by atoms with van der Waals surface area (Å²) >= 11 is 0. The molecule has 0 bridgehead atoms. The fraction of sp³-hybridized carbons (Fsp3) is 0.316. The molecule has 1 N–H and O–H groups in total. The number of ether oxygens (including phenoxy) is 1. The highest BCUT2D eigenvalue weighted by Gasteiger charge is 2.32. The monoisotopic (exact) mass is 472 g/mol. The van der Waals surface area contributed by atoms with Crippen molar-refractivity contribution in [1.29, 1.82) is 0 Å². The Balaban J connectivity index is 1.82. The molecule has 0 unspecified atom stereocenters. The van der Waals surface area contributed by atoms with Crippen molar-refractivity contribution in [2.24, 2.45) is 0 Å². The number of nitrogens with one attached hydrogen (secondary N) is 1. The van der Waals surface area contributed by atoms with Crippen molar-refractivity contribution in [2.45, 2.75) is 11.5 Å². The van der Waals surface area contributed by atoms with Crippen LogP contribution in [0.2, 0.25) is 0 Å². The number of amides is 2. The number of hydrogen-bond acceptors (Lipinski definition) is 6. The van der Waals surface area contributed by atoms with Crippen LogP contribution in [0, 0.1) is 5.82 Å². The molecule has 0 spiro atoms. The lowest BCUT2D eigenvalue weighted by atomic mass is 10.1. The molecule has 1 saturated heterocycles. The largest absolute Gasteiger partial charge is 0.416 e. The molecule has 1 fully saturated rings. The number of fused-ring (bicyclic) bond motifs is 1. The van der Waals surface area contributed by atoms with E-state index in [4.69, 9.17) is 0 Å². The van der Waals surface area contributed by atoms with Gasteiger partial charge in [-0.25, -0.2) is 17.8 Å². The normalized spacial score (nSPS) is 15.1. The second-order valence-electron chi connectivity index (χ2n) is 6.67. The van der Waals surface area contributed by atoms with Gasteiger partial charge >= 0.3 is 6.61 Å². The van der Waals surface area contributed by atoms with Crippen LogP contribution in [0.5, 0.6) is 5.88 Å². The Morgan fingerprint density at radius 3 is 2.53 bits per heavy atom. The summed E-state index contributed by atoms with van der Waals surface area (Å²) in [6.07, 6.45) is 2.07. The molecular weight excluding hydrogens is 453 g/mol.